The van der Waals surface area contributed by atoms with E-state index in [1.807, 2.05) is 18.2 Å². The van der Waals surface area contributed by atoms with Crippen molar-refractivity contribution >= 4 is 28.5 Å². The quantitative estimate of drug-likeness (QED) is 0.490. The van der Waals surface area contributed by atoms with Crippen LogP contribution in [-0.4, -0.2) is 15.3 Å². The number of pyridine rings is 1. The van der Waals surface area contributed by atoms with Crippen molar-refractivity contribution in [3.8, 4) is 0 Å². The van der Waals surface area contributed by atoms with Gasteiger partial charge in [-0.05, 0) is 36.2 Å². The summed E-state index contributed by atoms with van der Waals surface area (Å²) in [4.78, 5) is 29.0. The normalized spacial score (nSPS) is 11.0. The van der Waals surface area contributed by atoms with Gasteiger partial charge in [0.25, 0.3) is 0 Å². The van der Waals surface area contributed by atoms with Crippen LogP contribution in [-0.2, 0) is 13.0 Å². The van der Waals surface area contributed by atoms with Gasteiger partial charge in [-0.2, -0.15) is 0 Å². The van der Waals surface area contributed by atoms with Crippen LogP contribution < -0.4 is 5.76 Å². The summed E-state index contributed by atoms with van der Waals surface area (Å²) in [5.74, 6) is -0.686. The molecule has 0 fully saturated rings. The van der Waals surface area contributed by atoms with Gasteiger partial charge in [0, 0.05) is 30.1 Å². The lowest BCUT2D eigenvalue weighted by atomic mass is 10.0. The van der Waals surface area contributed by atoms with E-state index < -0.39 is 5.76 Å². The zero-order valence-electron chi connectivity index (χ0n) is 14.3. The van der Waals surface area contributed by atoms with E-state index in [4.69, 9.17) is 16.0 Å². The van der Waals surface area contributed by atoms with Crippen LogP contribution in [0.25, 0.3) is 11.1 Å². The average Bonchev–Trinajstić information content (AvgIpc) is 3.00. The van der Waals surface area contributed by atoms with E-state index in [1.165, 1.54) is 10.6 Å². The number of nitrogens with zero attached hydrogens (tertiary/aromatic N) is 2. The summed E-state index contributed by atoms with van der Waals surface area (Å²) < 4.78 is 6.88. The van der Waals surface area contributed by atoms with Crippen molar-refractivity contribution in [2.75, 3.05) is 0 Å². The van der Waals surface area contributed by atoms with Gasteiger partial charge >= 0.3 is 5.76 Å². The molecule has 0 bridgehead atoms. The molecule has 0 saturated heterocycles. The van der Waals surface area contributed by atoms with E-state index in [0.29, 0.717) is 35.2 Å². The van der Waals surface area contributed by atoms with Gasteiger partial charge in [-0.25, -0.2) is 4.79 Å². The Hall–Kier alpha value is -3.18. The second-order valence-electron chi connectivity index (χ2n) is 6.12. The SMILES string of the molecule is O=C(c1ccccc1)c1cc2oc(=O)n(CCc3ccncc3)c2cc1Cl. The fraction of sp³-hybridized carbons (Fsp3) is 0.0952. The van der Waals surface area contributed by atoms with Crippen LogP contribution in [0.3, 0.4) is 0 Å². The first kappa shape index (κ1) is 17.2. The predicted octanol–water partition coefficient (Wildman–Crippen LogP) is 4.12. The van der Waals surface area contributed by atoms with E-state index in [-0.39, 0.29) is 10.8 Å². The Morgan fingerprint density at radius 3 is 2.56 bits per heavy atom. The third-order valence-electron chi connectivity index (χ3n) is 4.41. The molecular formula is C21H15ClN2O3. The minimum Gasteiger partial charge on any atom is -0.408 e. The fourth-order valence-corrected chi connectivity index (χ4v) is 3.25. The molecule has 2 aromatic carbocycles. The van der Waals surface area contributed by atoms with Crippen molar-refractivity contribution in [1.29, 1.82) is 0 Å². The first-order valence-corrected chi connectivity index (χ1v) is 8.83. The number of halogens is 1. The minimum atomic E-state index is -0.473. The second-order valence-corrected chi connectivity index (χ2v) is 6.53. The Kier molecular flexibility index (Phi) is 4.60. The minimum absolute atomic E-state index is 0.213. The van der Waals surface area contributed by atoms with Crippen LogP contribution in [0.15, 0.2) is 76.2 Å². The number of carbonyl (C=O) groups is 1. The molecule has 134 valence electrons. The van der Waals surface area contributed by atoms with Gasteiger partial charge in [-0.15, -0.1) is 0 Å². The van der Waals surface area contributed by atoms with E-state index in [9.17, 15) is 9.59 Å². The Balaban J connectivity index is 1.70. The van der Waals surface area contributed by atoms with E-state index >= 15 is 0 Å². The molecule has 2 aromatic heterocycles. The van der Waals surface area contributed by atoms with E-state index in [1.54, 1.807) is 42.7 Å². The number of carbonyl (C=O) groups excluding carboxylic acids is 1. The molecule has 0 amide bonds. The molecule has 6 heteroatoms. The number of oxazole rings is 1. The summed E-state index contributed by atoms with van der Waals surface area (Å²) in [7, 11) is 0. The van der Waals surface area contributed by atoms with Gasteiger partial charge in [0.2, 0.25) is 0 Å². The van der Waals surface area contributed by atoms with Gasteiger partial charge in [-0.1, -0.05) is 41.9 Å². The summed E-state index contributed by atoms with van der Waals surface area (Å²) >= 11 is 6.36. The Bertz CT molecular complexity index is 1160. The number of hydrogen-bond donors (Lipinski definition) is 0. The molecule has 0 N–H and O–H groups in total. The first-order valence-electron chi connectivity index (χ1n) is 8.45. The summed E-state index contributed by atoms with van der Waals surface area (Å²) in [6, 6.07) is 15.8. The molecule has 0 aliphatic carbocycles. The molecule has 0 aliphatic heterocycles. The van der Waals surface area contributed by atoms with Crippen molar-refractivity contribution < 1.29 is 9.21 Å². The standard InChI is InChI=1S/C21H15ClN2O3/c22-17-13-18-19(12-16(17)20(25)15-4-2-1-3-5-15)27-21(26)24(18)11-8-14-6-9-23-10-7-14/h1-7,9-10,12-13H,8,11H2. The van der Waals surface area contributed by atoms with Crippen LogP contribution in [0.4, 0.5) is 0 Å². The van der Waals surface area contributed by atoms with Gasteiger partial charge < -0.3 is 4.42 Å². The number of fused-ring (bicyclic) bond motifs is 1. The van der Waals surface area contributed by atoms with E-state index in [0.717, 1.165) is 5.56 Å². The molecule has 0 spiro atoms. The largest absolute Gasteiger partial charge is 0.419 e. The van der Waals surface area contributed by atoms with Gasteiger partial charge in [-0.3, -0.25) is 14.3 Å². The molecule has 0 saturated carbocycles. The van der Waals surface area contributed by atoms with Crippen LogP contribution >= 0.6 is 11.6 Å². The molecule has 0 unspecified atom stereocenters. The van der Waals surface area contributed by atoms with Crippen LogP contribution in [0, 0.1) is 0 Å². The monoisotopic (exact) mass is 378 g/mol. The van der Waals surface area contributed by atoms with Gasteiger partial charge in [0.1, 0.15) is 0 Å². The first-order chi connectivity index (χ1) is 13.1. The number of benzene rings is 2. The molecule has 2 heterocycles. The number of hydrogen-bond acceptors (Lipinski definition) is 4. The summed E-state index contributed by atoms with van der Waals surface area (Å²) in [6.45, 7) is 0.443. The zero-order chi connectivity index (χ0) is 18.8. The van der Waals surface area contributed by atoms with Crippen molar-refractivity contribution in [3.05, 3.63) is 99.3 Å². The maximum absolute atomic E-state index is 12.7. The molecule has 0 atom stereocenters. The van der Waals surface area contributed by atoms with Crippen molar-refractivity contribution in [1.82, 2.24) is 9.55 Å². The average molecular weight is 379 g/mol. The lowest BCUT2D eigenvalue weighted by Crippen LogP contribution is -2.15. The number of aromatic nitrogens is 2. The Morgan fingerprint density at radius 2 is 1.81 bits per heavy atom. The highest BCUT2D eigenvalue weighted by molar-refractivity contribution is 6.35. The number of aryl methyl sites for hydroxylation is 2. The highest BCUT2D eigenvalue weighted by Gasteiger charge is 2.18. The zero-order valence-corrected chi connectivity index (χ0v) is 15.0. The summed E-state index contributed by atoms with van der Waals surface area (Å²) in [5, 5.41) is 0.287. The number of rotatable bonds is 5. The summed E-state index contributed by atoms with van der Waals surface area (Å²) in [6.07, 6.45) is 4.08. The Morgan fingerprint density at radius 1 is 1.07 bits per heavy atom. The highest BCUT2D eigenvalue weighted by Crippen LogP contribution is 2.26. The van der Waals surface area contributed by atoms with Crippen molar-refractivity contribution in [2.45, 2.75) is 13.0 Å². The van der Waals surface area contributed by atoms with Gasteiger partial charge in [0.05, 0.1) is 10.5 Å². The third kappa shape index (κ3) is 3.41. The van der Waals surface area contributed by atoms with Crippen LogP contribution in [0.5, 0.6) is 0 Å². The predicted molar refractivity (Wildman–Crippen MR) is 103 cm³/mol. The molecule has 4 aromatic rings. The van der Waals surface area contributed by atoms with E-state index in [2.05, 4.69) is 4.98 Å². The smallest absolute Gasteiger partial charge is 0.408 e. The lowest BCUT2D eigenvalue weighted by Gasteiger charge is -2.06. The molecule has 5 nitrogen and oxygen atoms in total. The lowest BCUT2D eigenvalue weighted by molar-refractivity contribution is 0.103. The Labute approximate surface area is 159 Å². The summed E-state index contributed by atoms with van der Waals surface area (Å²) in [5.41, 5.74) is 2.82. The molecular weight excluding hydrogens is 364 g/mol. The molecule has 4 rings (SSSR count). The third-order valence-corrected chi connectivity index (χ3v) is 4.72. The van der Waals surface area contributed by atoms with Gasteiger partial charge in [0.15, 0.2) is 11.4 Å². The van der Waals surface area contributed by atoms with Crippen LogP contribution in [0.1, 0.15) is 21.5 Å². The van der Waals surface area contributed by atoms with Crippen LogP contribution in [0.2, 0.25) is 5.02 Å². The van der Waals surface area contributed by atoms with Crippen molar-refractivity contribution in [3.63, 3.8) is 0 Å². The fourth-order valence-electron chi connectivity index (χ4n) is 3.00. The number of ketones is 1. The van der Waals surface area contributed by atoms with Crippen molar-refractivity contribution in [2.24, 2.45) is 0 Å². The molecule has 0 radical (unpaired) electrons. The molecule has 27 heavy (non-hydrogen) atoms. The maximum atomic E-state index is 12.7. The molecule has 0 aliphatic rings. The topological polar surface area (TPSA) is 65.1 Å². The highest BCUT2D eigenvalue weighted by atomic mass is 35.5. The maximum Gasteiger partial charge on any atom is 0.419 e. The second kappa shape index (κ2) is 7.21.